The summed E-state index contributed by atoms with van der Waals surface area (Å²) in [7, 11) is 2.06. The lowest BCUT2D eigenvalue weighted by Crippen LogP contribution is -2.66. The lowest BCUT2D eigenvalue weighted by Gasteiger charge is -2.72. The number of ether oxygens (including phenoxy) is 1. The van der Waals surface area contributed by atoms with Crippen molar-refractivity contribution in [2.24, 2.45) is 56.2 Å². The van der Waals surface area contributed by atoms with E-state index in [2.05, 4.69) is 60.4 Å². The van der Waals surface area contributed by atoms with E-state index in [0.29, 0.717) is 36.4 Å². The van der Waals surface area contributed by atoms with Crippen molar-refractivity contribution in [1.82, 2.24) is 4.90 Å². The van der Waals surface area contributed by atoms with Crippen molar-refractivity contribution in [3.05, 3.63) is 46.0 Å². The highest BCUT2D eigenvalue weighted by Crippen LogP contribution is 2.77. The first-order chi connectivity index (χ1) is 24.5. The molecule has 1 aromatic carbocycles. The number of esters is 1. The Labute approximate surface area is 323 Å². The molecule has 0 aromatic heterocycles. The number of aliphatic carboxylic acids is 1. The standard InChI is InChI=1S/C45H66ClNO6/c1-27(2)37-31(48)23-45(34(49)26-47(10)25-28-11-13-29(46)14-12-28)22-21-43(8)30(38(37)45)15-16-33-42(7)19-18-35(53-36(50)24-40(3,4)39(51)52)41(5,6)32(42)17-20-44(33,43)9/h11-14,27,30,32-35,49H,15-26H2,1-10H3,(H,51,52)/t30-,32+,33-,34-,35+,42+,43-,44-,45-/m1/s1. The molecule has 0 spiro atoms. The van der Waals surface area contributed by atoms with Crippen LogP contribution in [0.2, 0.25) is 5.02 Å². The molecule has 8 heteroatoms. The Morgan fingerprint density at radius 3 is 2.23 bits per heavy atom. The number of allylic oxidation sites excluding steroid dienone is 1. The zero-order valence-electron chi connectivity index (χ0n) is 34.1. The SMILES string of the molecule is CC(C)C1=C2[C@H]3CC[C@@H]4[C@@]5(C)CC[C@H](OC(=O)CC(C)(C)C(=O)O)C(C)(C)[C@@H]5CC[C@@]4(C)[C@]3(C)CC[C@]2([C@H](O)CN(C)Cc2ccc(Cl)cc2)CC1=O. The van der Waals surface area contributed by atoms with Gasteiger partial charge in [-0.05, 0) is 135 Å². The molecule has 5 aliphatic rings. The zero-order valence-corrected chi connectivity index (χ0v) is 34.9. The summed E-state index contributed by atoms with van der Waals surface area (Å²) in [4.78, 5) is 41.2. The number of aliphatic hydroxyl groups is 1. The maximum Gasteiger partial charge on any atom is 0.309 e. The number of carbonyl (C=O) groups excluding carboxylic acids is 2. The molecule has 9 atom stereocenters. The Morgan fingerprint density at radius 1 is 0.943 bits per heavy atom. The number of benzene rings is 1. The predicted octanol–water partition coefficient (Wildman–Crippen LogP) is 9.53. The van der Waals surface area contributed by atoms with Crippen molar-refractivity contribution < 1.29 is 29.3 Å². The molecule has 0 saturated heterocycles. The average Bonchev–Trinajstić information content (AvgIpc) is 3.37. The first kappa shape index (κ1) is 40.4. The zero-order chi connectivity index (χ0) is 39.1. The third-order valence-electron chi connectivity index (χ3n) is 16.4. The summed E-state index contributed by atoms with van der Waals surface area (Å²) in [5.41, 5.74) is 1.60. The summed E-state index contributed by atoms with van der Waals surface area (Å²) in [6.07, 6.45) is 7.21. The van der Waals surface area contributed by atoms with E-state index in [1.54, 1.807) is 13.8 Å². The number of halogens is 1. The minimum absolute atomic E-state index is 0.0156. The maximum absolute atomic E-state index is 14.1. The summed E-state index contributed by atoms with van der Waals surface area (Å²) in [5, 5.41) is 22.7. The predicted molar refractivity (Wildman–Crippen MR) is 209 cm³/mol. The number of carbonyl (C=O) groups is 3. The minimum atomic E-state index is -1.17. The molecule has 0 unspecified atom stereocenters. The van der Waals surface area contributed by atoms with Crippen LogP contribution in [0.5, 0.6) is 0 Å². The van der Waals surface area contributed by atoms with Gasteiger partial charge >= 0.3 is 11.9 Å². The van der Waals surface area contributed by atoms with E-state index in [1.165, 1.54) is 5.57 Å². The number of hydrogen-bond acceptors (Lipinski definition) is 6. The molecule has 7 nitrogen and oxygen atoms in total. The summed E-state index contributed by atoms with van der Waals surface area (Å²) < 4.78 is 6.17. The second-order valence-electron chi connectivity index (χ2n) is 20.4. The second kappa shape index (κ2) is 13.8. The van der Waals surface area contributed by atoms with Gasteiger partial charge in [0.25, 0.3) is 0 Å². The van der Waals surface area contributed by atoms with E-state index in [4.69, 9.17) is 16.3 Å². The van der Waals surface area contributed by atoms with Crippen molar-refractivity contribution in [2.45, 2.75) is 145 Å². The molecular formula is C45H66ClNO6. The van der Waals surface area contributed by atoms with Gasteiger partial charge in [0.05, 0.1) is 17.9 Å². The first-order valence-electron chi connectivity index (χ1n) is 20.4. The molecule has 6 rings (SSSR count). The van der Waals surface area contributed by atoms with Crippen molar-refractivity contribution in [3.63, 3.8) is 0 Å². The molecule has 0 heterocycles. The number of aliphatic hydroxyl groups excluding tert-OH is 1. The van der Waals surface area contributed by atoms with Crippen LogP contribution in [0.1, 0.15) is 132 Å². The van der Waals surface area contributed by atoms with Gasteiger partial charge < -0.3 is 14.9 Å². The van der Waals surface area contributed by atoms with Crippen molar-refractivity contribution in [1.29, 1.82) is 0 Å². The fraction of sp³-hybridized carbons (Fsp3) is 0.756. The second-order valence-corrected chi connectivity index (χ2v) is 20.8. The summed E-state index contributed by atoms with van der Waals surface area (Å²) in [5.74, 6) is 0.0429. The van der Waals surface area contributed by atoms with Gasteiger partial charge in [0.1, 0.15) is 6.10 Å². The van der Waals surface area contributed by atoms with Gasteiger partial charge in [-0.3, -0.25) is 19.3 Å². The lowest BCUT2D eigenvalue weighted by molar-refractivity contribution is -0.235. The Bertz CT molecular complexity index is 1650. The van der Waals surface area contributed by atoms with E-state index in [0.717, 1.165) is 62.5 Å². The van der Waals surface area contributed by atoms with E-state index < -0.39 is 28.9 Å². The van der Waals surface area contributed by atoms with Crippen molar-refractivity contribution >= 4 is 29.3 Å². The van der Waals surface area contributed by atoms with Gasteiger partial charge in [0.15, 0.2) is 5.78 Å². The fourth-order valence-corrected chi connectivity index (χ4v) is 13.5. The van der Waals surface area contributed by atoms with Crippen molar-refractivity contribution in [3.8, 4) is 0 Å². The van der Waals surface area contributed by atoms with Crippen LogP contribution in [0.25, 0.3) is 0 Å². The van der Waals surface area contributed by atoms with Gasteiger partial charge in [0.2, 0.25) is 0 Å². The summed E-state index contributed by atoms with van der Waals surface area (Å²) in [6.45, 7) is 20.9. The molecule has 0 bridgehead atoms. The van der Waals surface area contributed by atoms with E-state index in [9.17, 15) is 24.6 Å². The molecule has 1 aromatic rings. The van der Waals surface area contributed by atoms with Crippen molar-refractivity contribution in [2.75, 3.05) is 13.6 Å². The molecule has 4 saturated carbocycles. The van der Waals surface area contributed by atoms with E-state index in [-0.39, 0.29) is 51.8 Å². The fourth-order valence-electron chi connectivity index (χ4n) is 13.3. The van der Waals surface area contributed by atoms with Crippen LogP contribution >= 0.6 is 11.6 Å². The van der Waals surface area contributed by atoms with Gasteiger partial charge in [0, 0.05) is 35.4 Å². The number of fused-ring (bicyclic) bond motifs is 7. The number of Topliss-reactive ketones (excluding diaryl/α,β-unsaturated/α-hetero) is 1. The van der Waals surface area contributed by atoms with Crippen LogP contribution in [0.15, 0.2) is 35.4 Å². The monoisotopic (exact) mass is 751 g/mol. The molecule has 5 aliphatic carbocycles. The number of carboxylic acid groups (broad SMARTS) is 1. The quantitative estimate of drug-likeness (QED) is 0.230. The highest BCUT2D eigenvalue weighted by atomic mass is 35.5. The topological polar surface area (TPSA) is 104 Å². The lowest BCUT2D eigenvalue weighted by atomic mass is 9.33. The molecule has 294 valence electrons. The molecule has 0 amide bonds. The summed E-state index contributed by atoms with van der Waals surface area (Å²) in [6, 6.07) is 7.89. The van der Waals surface area contributed by atoms with Gasteiger partial charge in [-0.15, -0.1) is 0 Å². The number of rotatable bonds is 10. The van der Waals surface area contributed by atoms with Crippen LogP contribution < -0.4 is 0 Å². The minimum Gasteiger partial charge on any atom is -0.481 e. The first-order valence-corrected chi connectivity index (χ1v) is 20.7. The Morgan fingerprint density at radius 2 is 1.60 bits per heavy atom. The molecule has 53 heavy (non-hydrogen) atoms. The molecule has 4 fully saturated rings. The Hall–Kier alpha value is -2.22. The third-order valence-corrected chi connectivity index (χ3v) is 16.6. The smallest absolute Gasteiger partial charge is 0.309 e. The van der Waals surface area contributed by atoms with E-state index >= 15 is 0 Å². The average molecular weight is 752 g/mol. The van der Waals surface area contributed by atoms with E-state index in [1.807, 2.05) is 24.3 Å². The van der Waals surface area contributed by atoms with Gasteiger partial charge in [-0.25, -0.2) is 0 Å². The highest BCUT2D eigenvalue weighted by Gasteiger charge is 2.70. The Kier molecular flexibility index (Phi) is 10.5. The van der Waals surface area contributed by atoms with Crippen LogP contribution in [0, 0.1) is 56.2 Å². The number of likely N-dealkylation sites (N-methyl/N-ethyl adjacent to an activating group) is 1. The number of nitrogens with zero attached hydrogens (tertiary/aromatic N) is 1. The van der Waals surface area contributed by atoms with Crippen LogP contribution in [0.3, 0.4) is 0 Å². The number of carboxylic acids is 1. The normalized spacial score (nSPS) is 37.1. The van der Waals surface area contributed by atoms with Crippen LogP contribution in [-0.2, 0) is 25.7 Å². The summed E-state index contributed by atoms with van der Waals surface area (Å²) >= 11 is 6.15. The van der Waals surface area contributed by atoms with Crippen LogP contribution in [-0.4, -0.2) is 58.6 Å². The molecular weight excluding hydrogens is 686 g/mol. The highest BCUT2D eigenvalue weighted by molar-refractivity contribution is 6.30. The maximum atomic E-state index is 14.1. The molecule has 0 aliphatic heterocycles. The van der Waals surface area contributed by atoms with Gasteiger partial charge in [-0.1, -0.05) is 77.8 Å². The molecule has 0 radical (unpaired) electrons. The Balaban J connectivity index is 1.27. The molecule has 2 N–H and O–H groups in total. The van der Waals surface area contributed by atoms with Crippen LogP contribution in [0.4, 0.5) is 0 Å². The van der Waals surface area contributed by atoms with Gasteiger partial charge in [-0.2, -0.15) is 0 Å². The third kappa shape index (κ3) is 6.45. The number of ketones is 1. The number of hydrogen-bond donors (Lipinski definition) is 2. The largest absolute Gasteiger partial charge is 0.481 e.